The molecule has 1 unspecified atom stereocenters. The summed E-state index contributed by atoms with van der Waals surface area (Å²) in [5.74, 6) is -0.994. The number of pyridine rings is 1. The number of carbonyl (C=O) groups is 1. The Morgan fingerprint density at radius 2 is 2.31 bits per heavy atom. The van der Waals surface area contributed by atoms with Crippen LogP contribution in [0.4, 0.5) is 5.69 Å². The number of aromatic nitrogens is 1. The van der Waals surface area contributed by atoms with E-state index in [1.54, 1.807) is 31.1 Å². The van der Waals surface area contributed by atoms with Crippen molar-refractivity contribution in [1.29, 1.82) is 0 Å². The fourth-order valence-corrected chi connectivity index (χ4v) is 1.39. The van der Waals surface area contributed by atoms with Crippen molar-refractivity contribution in [2.45, 2.75) is 19.4 Å². The molecule has 0 spiro atoms. The number of anilines is 1. The molecular formula is C11H16N2O3. The zero-order valence-corrected chi connectivity index (χ0v) is 9.42. The zero-order chi connectivity index (χ0) is 12.1. The third-order valence-electron chi connectivity index (χ3n) is 2.32. The predicted octanol–water partition coefficient (Wildman–Crippen LogP) is 0.987. The molecule has 88 valence electrons. The van der Waals surface area contributed by atoms with Gasteiger partial charge in [-0.25, -0.2) is 4.79 Å². The molecular weight excluding hydrogens is 208 g/mol. The Bertz CT molecular complexity index is 366. The quantitative estimate of drug-likeness (QED) is 0.780. The minimum atomic E-state index is -0.994. The number of aliphatic hydroxyl groups is 1. The van der Waals surface area contributed by atoms with E-state index in [4.69, 9.17) is 5.11 Å². The van der Waals surface area contributed by atoms with Crippen LogP contribution in [0, 0.1) is 0 Å². The number of aromatic carboxylic acids is 1. The van der Waals surface area contributed by atoms with Crippen LogP contribution in [-0.4, -0.2) is 40.9 Å². The van der Waals surface area contributed by atoms with Crippen molar-refractivity contribution in [2.75, 3.05) is 18.5 Å². The number of rotatable bonds is 5. The Balaban J connectivity index is 2.82. The van der Waals surface area contributed by atoms with Gasteiger partial charge in [0.25, 0.3) is 0 Å². The Kier molecular flexibility index (Phi) is 4.25. The summed E-state index contributed by atoms with van der Waals surface area (Å²) in [6, 6.07) is 1.66. The minimum absolute atomic E-state index is 0.176. The van der Waals surface area contributed by atoms with Crippen molar-refractivity contribution >= 4 is 11.7 Å². The van der Waals surface area contributed by atoms with E-state index in [9.17, 15) is 9.90 Å². The van der Waals surface area contributed by atoms with Crippen LogP contribution in [0.3, 0.4) is 0 Å². The molecule has 1 aromatic heterocycles. The van der Waals surface area contributed by atoms with E-state index >= 15 is 0 Å². The van der Waals surface area contributed by atoms with Gasteiger partial charge < -0.3 is 15.1 Å². The first-order valence-corrected chi connectivity index (χ1v) is 5.09. The highest BCUT2D eigenvalue weighted by molar-refractivity contribution is 5.93. The van der Waals surface area contributed by atoms with Crippen molar-refractivity contribution < 1.29 is 15.0 Å². The van der Waals surface area contributed by atoms with Crippen molar-refractivity contribution in [2.24, 2.45) is 0 Å². The number of nitrogens with zero attached hydrogens (tertiary/aromatic N) is 2. The van der Waals surface area contributed by atoms with E-state index in [0.717, 1.165) is 0 Å². The summed E-state index contributed by atoms with van der Waals surface area (Å²) in [5.41, 5.74) is 0.791. The van der Waals surface area contributed by atoms with Gasteiger partial charge in [0.2, 0.25) is 0 Å². The molecule has 5 heteroatoms. The van der Waals surface area contributed by atoms with Crippen LogP contribution >= 0.6 is 0 Å². The number of hydrogen-bond acceptors (Lipinski definition) is 4. The molecule has 1 aromatic rings. The van der Waals surface area contributed by atoms with Crippen LogP contribution < -0.4 is 4.90 Å². The van der Waals surface area contributed by atoms with Crippen LogP contribution in [0.5, 0.6) is 0 Å². The number of carboxylic acids is 1. The molecule has 0 aliphatic heterocycles. The maximum absolute atomic E-state index is 10.9. The lowest BCUT2D eigenvalue weighted by Crippen LogP contribution is -2.23. The van der Waals surface area contributed by atoms with Crippen LogP contribution in [0.1, 0.15) is 23.7 Å². The van der Waals surface area contributed by atoms with Gasteiger partial charge in [-0.3, -0.25) is 4.98 Å². The lowest BCUT2D eigenvalue weighted by molar-refractivity contribution is 0.0697. The molecule has 1 heterocycles. The smallest absolute Gasteiger partial charge is 0.339 e. The van der Waals surface area contributed by atoms with Crippen LogP contribution in [-0.2, 0) is 0 Å². The van der Waals surface area contributed by atoms with Gasteiger partial charge in [0.05, 0.1) is 11.8 Å². The SMILES string of the molecule is CC(O)CCN(C)c1ccncc1C(=O)O. The fraction of sp³-hybridized carbons (Fsp3) is 0.455. The van der Waals surface area contributed by atoms with Crippen LogP contribution in [0.25, 0.3) is 0 Å². The molecule has 5 nitrogen and oxygen atoms in total. The second-order valence-corrected chi connectivity index (χ2v) is 3.76. The molecule has 0 aliphatic carbocycles. The van der Waals surface area contributed by atoms with Gasteiger partial charge in [0.15, 0.2) is 0 Å². The summed E-state index contributed by atoms with van der Waals surface area (Å²) in [4.78, 5) is 16.5. The van der Waals surface area contributed by atoms with E-state index in [1.165, 1.54) is 6.20 Å². The van der Waals surface area contributed by atoms with Gasteiger partial charge in [-0.2, -0.15) is 0 Å². The Morgan fingerprint density at radius 1 is 1.62 bits per heavy atom. The first kappa shape index (κ1) is 12.4. The fourth-order valence-electron chi connectivity index (χ4n) is 1.39. The summed E-state index contributed by atoms with van der Waals surface area (Å²) >= 11 is 0. The van der Waals surface area contributed by atoms with E-state index in [-0.39, 0.29) is 5.56 Å². The normalized spacial score (nSPS) is 12.2. The van der Waals surface area contributed by atoms with Crippen molar-refractivity contribution in [3.05, 3.63) is 24.0 Å². The first-order chi connectivity index (χ1) is 7.52. The maximum Gasteiger partial charge on any atom is 0.339 e. The number of hydrogen-bond donors (Lipinski definition) is 2. The van der Waals surface area contributed by atoms with Crippen molar-refractivity contribution in [1.82, 2.24) is 4.98 Å². The van der Waals surface area contributed by atoms with Gasteiger partial charge >= 0.3 is 5.97 Å². The average Bonchev–Trinajstić information content (AvgIpc) is 2.25. The second-order valence-electron chi connectivity index (χ2n) is 3.76. The summed E-state index contributed by atoms with van der Waals surface area (Å²) in [7, 11) is 1.80. The maximum atomic E-state index is 10.9. The first-order valence-electron chi connectivity index (χ1n) is 5.09. The third-order valence-corrected chi connectivity index (χ3v) is 2.32. The molecule has 0 fully saturated rings. The third kappa shape index (κ3) is 3.20. The Hall–Kier alpha value is -1.62. The van der Waals surface area contributed by atoms with Gasteiger partial charge in [0.1, 0.15) is 5.56 Å². The highest BCUT2D eigenvalue weighted by atomic mass is 16.4. The standard InChI is InChI=1S/C11H16N2O3/c1-8(14)4-6-13(2)10-3-5-12-7-9(10)11(15)16/h3,5,7-8,14H,4,6H2,1-2H3,(H,15,16). The summed E-state index contributed by atoms with van der Waals surface area (Å²) in [6.45, 7) is 2.31. The summed E-state index contributed by atoms with van der Waals surface area (Å²) < 4.78 is 0. The summed E-state index contributed by atoms with van der Waals surface area (Å²) in [5, 5.41) is 18.1. The van der Waals surface area contributed by atoms with Gasteiger partial charge in [-0.05, 0) is 19.4 Å². The molecule has 16 heavy (non-hydrogen) atoms. The van der Waals surface area contributed by atoms with Crippen molar-refractivity contribution in [3.63, 3.8) is 0 Å². The van der Waals surface area contributed by atoms with E-state index in [2.05, 4.69) is 4.98 Å². The van der Waals surface area contributed by atoms with Crippen LogP contribution in [0.2, 0.25) is 0 Å². The molecule has 0 amide bonds. The average molecular weight is 224 g/mol. The minimum Gasteiger partial charge on any atom is -0.478 e. The van der Waals surface area contributed by atoms with Gasteiger partial charge in [-0.1, -0.05) is 0 Å². The largest absolute Gasteiger partial charge is 0.478 e. The molecule has 0 saturated carbocycles. The van der Waals surface area contributed by atoms with Gasteiger partial charge in [0, 0.05) is 26.0 Å². The van der Waals surface area contributed by atoms with E-state index in [1.807, 2.05) is 0 Å². The Morgan fingerprint density at radius 3 is 2.88 bits per heavy atom. The molecule has 0 radical (unpaired) electrons. The molecule has 0 aliphatic rings. The topological polar surface area (TPSA) is 73.7 Å². The highest BCUT2D eigenvalue weighted by Gasteiger charge is 2.13. The molecule has 0 bridgehead atoms. The molecule has 2 N–H and O–H groups in total. The van der Waals surface area contributed by atoms with Crippen LogP contribution in [0.15, 0.2) is 18.5 Å². The molecule has 0 saturated heterocycles. The van der Waals surface area contributed by atoms with Gasteiger partial charge in [-0.15, -0.1) is 0 Å². The predicted molar refractivity (Wildman–Crippen MR) is 60.8 cm³/mol. The monoisotopic (exact) mass is 224 g/mol. The van der Waals surface area contributed by atoms with E-state index < -0.39 is 12.1 Å². The number of carboxylic acid groups (broad SMARTS) is 1. The molecule has 0 aromatic carbocycles. The second kappa shape index (κ2) is 5.46. The Labute approximate surface area is 94.4 Å². The number of aliphatic hydroxyl groups excluding tert-OH is 1. The zero-order valence-electron chi connectivity index (χ0n) is 9.42. The molecule has 1 rings (SSSR count). The van der Waals surface area contributed by atoms with Crippen molar-refractivity contribution in [3.8, 4) is 0 Å². The molecule has 1 atom stereocenters. The lowest BCUT2D eigenvalue weighted by atomic mass is 10.2. The summed E-state index contributed by atoms with van der Waals surface area (Å²) in [6.07, 6.45) is 3.09. The highest BCUT2D eigenvalue weighted by Crippen LogP contribution is 2.18. The lowest BCUT2D eigenvalue weighted by Gasteiger charge is -2.21. The van der Waals surface area contributed by atoms with E-state index in [0.29, 0.717) is 18.7 Å².